The highest BCUT2D eigenvalue weighted by Crippen LogP contribution is 2.15. The third-order valence-electron chi connectivity index (χ3n) is 4.06. The van der Waals surface area contributed by atoms with Crippen molar-refractivity contribution in [3.8, 4) is 0 Å². The summed E-state index contributed by atoms with van der Waals surface area (Å²) in [5, 5.41) is 0. The summed E-state index contributed by atoms with van der Waals surface area (Å²) in [5.41, 5.74) is 0. The Morgan fingerprint density at radius 1 is 0.741 bits per heavy atom. The standard InChI is InChI=1S/C18H30O7S2/c19-17-22-11-15(24-17)13-26-9-5-1-3-7-21-8-4-2-6-10-27-14-16-12-23-18(20)25-16/h15-16H,1-14H2. The van der Waals surface area contributed by atoms with Crippen LogP contribution in [-0.4, -0.2) is 74.0 Å². The molecule has 2 heterocycles. The molecule has 0 radical (unpaired) electrons. The lowest BCUT2D eigenvalue weighted by atomic mass is 10.2. The second kappa shape index (κ2) is 14.2. The molecule has 0 N–H and O–H groups in total. The lowest BCUT2D eigenvalue weighted by Gasteiger charge is -2.07. The van der Waals surface area contributed by atoms with Gasteiger partial charge in [-0.25, -0.2) is 9.59 Å². The van der Waals surface area contributed by atoms with Gasteiger partial charge in [0.2, 0.25) is 0 Å². The third-order valence-corrected chi connectivity index (χ3v) is 6.43. The summed E-state index contributed by atoms with van der Waals surface area (Å²) >= 11 is 3.62. The van der Waals surface area contributed by atoms with E-state index in [0.717, 1.165) is 61.9 Å². The third kappa shape index (κ3) is 10.9. The minimum atomic E-state index is -0.539. The molecule has 0 saturated carbocycles. The molecule has 0 aliphatic carbocycles. The van der Waals surface area contributed by atoms with Gasteiger partial charge in [0.05, 0.1) is 0 Å². The molecule has 156 valence electrons. The fourth-order valence-electron chi connectivity index (χ4n) is 2.60. The molecule has 2 rings (SSSR count). The van der Waals surface area contributed by atoms with Crippen molar-refractivity contribution in [3.63, 3.8) is 0 Å². The van der Waals surface area contributed by atoms with E-state index in [4.69, 9.17) is 23.7 Å². The fraction of sp³-hybridized carbons (Fsp3) is 0.889. The first-order valence-electron chi connectivity index (χ1n) is 9.64. The summed E-state index contributed by atoms with van der Waals surface area (Å²) in [5.74, 6) is 3.80. The highest BCUT2D eigenvalue weighted by molar-refractivity contribution is 7.99. The number of rotatable bonds is 16. The number of unbranched alkanes of at least 4 members (excludes halogenated alkanes) is 4. The molecule has 0 aromatic rings. The SMILES string of the molecule is O=C1OCC(CSCCCCCOCCCCCSCC2COC(=O)O2)O1. The smallest absolute Gasteiger partial charge is 0.430 e. The lowest BCUT2D eigenvalue weighted by molar-refractivity contribution is 0.121. The number of carbonyl (C=O) groups is 2. The molecule has 9 heteroatoms. The molecule has 2 unspecified atom stereocenters. The first-order valence-corrected chi connectivity index (χ1v) is 11.9. The van der Waals surface area contributed by atoms with E-state index in [1.54, 1.807) is 0 Å². The van der Waals surface area contributed by atoms with Gasteiger partial charge >= 0.3 is 12.3 Å². The van der Waals surface area contributed by atoms with E-state index < -0.39 is 12.3 Å². The zero-order valence-electron chi connectivity index (χ0n) is 15.7. The molecule has 0 amide bonds. The highest BCUT2D eigenvalue weighted by atomic mass is 32.2. The minimum Gasteiger partial charge on any atom is -0.430 e. The van der Waals surface area contributed by atoms with Gasteiger partial charge in [-0.05, 0) is 37.2 Å². The van der Waals surface area contributed by atoms with Crippen LogP contribution in [0, 0.1) is 0 Å². The van der Waals surface area contributed by atoms with Crippen LogP contribution in [-0.2, 0) is 23.7 Å². The monoisotopic (exact) mass is 422 g/mol. The van der Waals surface area contributed by atoms with E-state index in [1.807, 2.05) is 23.5 Å². The molecule has 27 heavy (non-hydrogen) atoms. The number of hydrogen-bond acceptors (Lipinski definition) is 9. The number of thioether (sulfide) groups is 2. The number of carbonyl (C=O) groups excluding carboxylic acids is 2. The van der Waals surface area contributed by atoms with Crippen LogP contribution < -0.4 is 0 Å². The molecular weight excluding hydrogens is 392 g/mol. The van der Waals surface area contributed by atoms with Gasteiger partial charge in [-0.15, -0.1) is 0 Å². The average molecular weight is 423 g/mol. The summed E-state index contributed by atoms with van der Waals surface area (Å²) < 4.78 is 25.1. The van der Waals surface area contributed by atoms with Crippen molar-refractivity contribution in [2.75, 3.05) is 49.4 Å². The van der Waals surface area contributed by atoms with Crippen LogP contribution in [0.15, 0.2) is 0 Å². The van der Waals surface area contributed by atoms with Gasteiger partial charge in [-0.2, -0.15) is 23.5 Å². The molecule has 2 saturated heterocycles. The Kier molecular flexibility index (Phi) is 11.9. The maximum Gasteiger partial charge on any atom is 0.508 e. The normalized spacial score (nSPS) is 21.6. The minimum absolute atomic E-state index is 0.0708. The molecule has 0 bridgehead atoms. The van der Waals surface area contributed by atoms with Gasteiger partial charge in [-0.3, -0.25) is 0 Å². The molecule has 0 spiro atoms. The first kappa shape index (κ1) is 22.5. The quantitative estimate of drug-likeness (QED) is 0.272. The topological polar surface area (TPSA) is 80.3 Å². The van der Waals surface area contributed by atoms with Crippen molar-refractivity contribution in [2.45, 2.75) is 50.7 Å². The van der Waals surface area contributed by atoms with E-state index in [2.05, 4.69) is 0 Å². The Bertz CT molecular complexity index is 398. The van der Waals surface area contributed by atoms with Crippen LogP contribution in [0.25, 0.3) is 0 Å². The van der Waals surface area contributed by atoms with Gasteiger partial charge in [0.15, 0.2) is 0 Å². The van der Waals surface area contributed by atoms with Crippen LogP contribution >= 0.6 is 23.5 Å². The van der Waals surface area contributed by atoms with Crippen LogP contribution in [0.1, 0.15) is 38.5 Å². The molecular formula is C18H30O7S2. The largest absolute Gasteiger partial charge is 0.508 e. The van der Waals surface area contributed by atoms with Crippen LogP contribution in [0.4, 0.5) is 9.59 Å². The van der Waals surface area contributed by atoms with Gasteiger partial charge < -0.3 is 23.7 Å². The zero-order chi connectivity index (χ0) is 19.2. The summed E-state index contributed by atoms with van der Waals surface area (Å²) in [7, 11) is 0. The number of ether oxygens (including phenoxy) is 5. The molecule has 2 aliphatic heterocycles. The molecule has 7 nitrogen and oxygen atoms in total. The Hall–Kier alpha value is -0.800. The molecule has 0 aromatic carbocycles. The predicted molar refractivity (Wildman–Crippen MR) is 106 cm³/mol. The van der Waals surface area contributed by atoms with Crippen LogP contribution in [0.5, 0.6) is 0 Å². The van der Waals surface area contributed by atoms with Crippen molar-refractivity contribution in [1.82, 2.24) is 0 Å². The molecule has 2 aliphatic rings. The van der Waals surface area contributed by atoms with Gasteiger partial charge in [0.1, 0.15) is 25.4 Å². The van der Waals surface area contributed by atoms with E-state index >= 15 is 0 Å². The number of cyclic esters (lactones) is 4. The maximum atomic E-state index is 10.8. The average Bonchev–Trinajstić information content (AvgIpc) is 3.26. The van der Waals surface area contributed by atoms with Crippen molar-refractivity contribution in [1.29, 1.82) is 0 Å². The predicted octanol–water partition coefficient (Wildman–Crippen LogP) is 3.88. The fourth-order valence-corrected chi connectivity index (χ4v) is 4.60. The summed E-state index contributed by atoms with van der Waals surface area (Å²) in [6.45, 7) is 2.45. The molecule has 2 fully saturated rings. The van der Waals surface area contributed by atoms with Crippen LogP contribution in [0.3, 0.4) is 0 Å². The van der Waals surface area contributed by atoms with Gasteiger partial charge in [0, 0.05) is 24.7 Å². The maximum absolute atomic E-state index is 10.8. The second-order valence-corrected chi connectivity index (χ2v) is 8.78. The number of hydrogen-bond donors (Lipinski definition) is 0. The first-order chi connectivity index (χ1) is 13.2. The second-order valence-electron chi connectivity index (χ2n) is 6.49. The Morgan fingerprint density at radius 3 is 1.63 bits per heavy atom. The Labute approximate surface area is 169 Å². The van der Waals surface area contributed by atoms with Crippen molar-refractivity contribution >= 4 is 35.8 Å². The van der Waals surface area contributed by atoms with Crippen LogP contribution in [0.2, 0.25) is 0 Å². The van der Waals surface area contributed by atoms with Crippen molar-refractivity contribution in [2.24, 2.45) is 0 Å². The van der Waals surface area contributed by atoms with E-state index in [0.29, 0.717) is 13.2 Å². The molecule has 2 atom stereocenters. The summed E-state index contributed by atoms with van der Waals surface area (Å²) in [4.78, 5) is 21.5. The summed E-state index contributed by atoms with van der Waals surface area (Å²) in [6.07, 6.45) is 5.63. The zero-order valence-corrected chi connectivity index (χ0v) is 17.4. The Balaban J connectivity index is 1.22. The van der Waals surface area contributed by atoms with E-state index in [9.17, 15) is 9.59 Å². The van der Waals surface area contributed by atoms with Gasteiger partial charge in [-0.1, -0.05) is 12.8 Å². The summed E-state index contributed by atoms with van der Waals surface area (Å²) in [6, 6.07) is 0. The molecule has 0 aromatic heterocycles. The van der Waals surface area contributed by atoms with Gasteiger partial charge in [0.25, 0.3) is 0 Å². The van der Waals surface area contributed by atoms with Crippen molar-refractivity contribution < 1.29 is 33.3 Å². The Morgan fingerprint density at radius 2 is 1.22 bits per heavy atom. The highest BCUT2D eigenvalue weighted by Gasteiger charge is 2.25. The lowest BCUT2D eigenvalue weighted by Crippen LogP contribution is -2.13. The van der Waals surface area contributed by atoms with Crippen molar-refractivity contribution in [3.05, 3.63) is 0 Å². The van der Waals surface area contributed by atoms with E-state index in [1.165, 1.54) is 12.8 Å². The van der Waals surface area contributed by atoms with E-state index in [-0.39, 0.29) is 12.2 Å².